The van der Waals surface area contributed by atoms with Crippen LogP contribution in [0.2, 0.25) is 0 Å². The van der Waals surface area contributed by atoms with Crippen molar-refractivity contribution in [1.29, 1.82) is 0 Å². The zero-order chi connectivity index (χ0) is 60.7. The number of benzene rings is 13. The van der Waals surface area contributed by atoms with Gasteiger partial charge in [-0.1, -0.05) is 291 Å². The first-order valence-electron chi connectivity index (χ1n) is 29.3. The number of carboxylic acid groups (broad SMARTS) is 1. The molecular formula is C83H57F2IrN2O2-. The molecule has 0 unspecified atom stereocenters. The standard InChI is InChI=1S/C34H24.C32H22.C11H6F2N.C6H5NO2.Ir/c1-5-13-25(14-6-1)29-21-22-31(27-17-9-3-10-18-27)34-32(28-19-11-4-12-20-28)24-23-30(33(29)34)26-15-7-2-8-16-26;1-4-10-23(11-5-1)26-16-18-30-28(20-26)22-29-21-27(24-12-6-2-7-13-24)17-19-31(29)32(30)25-14-8-3-9-15-25;12-8-4-5-9(10(13)7-8)11-3-1-2-6-14-11;8-6(9)5-3-1-2-4-7-5;/h1-24H;1-22H;1-4,6-7H;1-4H,(H,8,9);/q;;-1;;. The fourth-order valence-corrected chi connectivity index (χ4v) is 11.2. The van der Waals surface area contributed by atoms with Crippen LogP contribution in [-0.4, -0.2) is 21.0 Å². The monoisotopic (exact) mass is 1340 g/mol. The van der Waals surface area contributed by atoms with Crippen LogP contribution in [0.1, 0.15) is 10.5 Å². The van der Waals surface area contributed by atoms with E-state index in [1.165, 1.54) is 122 Å². The molecule has 15 aromatic rings. The maximum Gasteiger partial charge on any atom is 0.354 e. The Morgan fingerprint density at radius 1 is 0.344 bits per heavy atom. The van der Waals surface area contributed by atoms with E-state index in [4.69, 9.17) is 5.11 Å². The number of aromatic carboxylic acids is 1. The number of hydrogen-bond donors (Lipinski definition) is 1. The topological polar surface area (TPSA) is 63.1 Å². The van der Waals surface area contributed by atoms with Crippen molar-refractivity contribution in [3.8, 4) is 89.1 Å². The van der Waals surface area contributed by atoms with Crippen LogP contribution in [0.4, 0.5) is 8.78 Å². The largest absolute Gasteiger partial charge is 0.477 e. The number of pyridine rings is 2. The molecule has 15 rings (SSSR count). The van der Waals surface area contributed by atoms with Gasteiger partial charge < -0.3 is 10.1 Å². The van der Waals surface area contributed by atoms with Gasteiger partial charge in [0.2, 0.25) is 0 Å². The van der Waals surface area contributed by atoms with E-state index in [9.17, 15) is 13.6 Å². The summed E-state index contributed by atoms with van der Waals surface area (Å²) in [7, 11) is 0. The summed E-state index contributed by atoms with van der Waals surface area (Å²) < 4.78 is 25.8. The zero-order valence-electron chi connectivity index (χ0n) is 48.7. The van der Waals surface area contributed by atoms with Crippen molar-refractivity contribution in [2.24, 2.45) is 0 Å². The van der Waals surface area contributed by atoms with Crippen molar-refractivity contribution >= 4 is 38.3 Å². The number of halogens is 2. The first-order valence-corrected chi connectivity index (χ1v) is 29.3. The first kappa shape index (κ1) is 60.6. The number of carbonyl (C=O) groups is 1. The Hall–Kier alpha value is -11.1. The predicted molar refractivity (Wildman–Crippen MR) is 363 cm³/mol. The Morgan fingerprint density at radius 2 is 0.700 bits per heavy atom. The van der Waals surface area contributed by atoms with E-state index in [1.807, 2.05) is 0 Å². The second-order valence-corrected chi connectivity index (χ2v) is 21.0. The van der Waals surface area contributed by atoms with Crippen molar-refractivity contribution < 1.29 is 38.8 Å². The van der Waals surface area contributed by atoms with Crippen LogP contribution in [0, 0.1) is 17.7 Å². The molecule has 0 fully saturated rings. The Balaban J connectivity index is 0.000000137. The average Bonchev–Trinajstić information content (AvgIpc) is 0.841. The number of nitrogens with zero attached hydrogens (tertiary/aromatic N) is 2. The molecule has 0 aliphatic heterocycles. The average molecular weight is 1340 g/mol. The van der Waals surface area contributed by atoms with Gasteiger partial charge >= 0.3 is 5.97 Å². The molecule has 0 aliphatic rings. The number of fused-ring (bicyclic) bond motifs is 3. The summed E-state index contributed by atoms with van der Waals surface area (Å²) in [6.45, 7) is 0. The van der Waals surface area contributed by atoms with Crippen LogP contribution in [0.25, 0.3) is 121 Å². The molecule has 13 aromatic carbocycles. The Kier molecular flexibility index (Phi) is 19.6. The van der Waals surface area contributed by atoms with E-state index < -0.39 is 17.6 Å². The summed E-state index contributed by atoms with van der Waals surface area (Å²) in [6.07, 6.45) is 3.00. The molecule has 90 heavy (non-hydrogen) atoms. The molecule has 0 saturated carbocycles. The minimum Gasteiger partial charge on any atom is -0.477 e. The second kappa shape index (κ2) is 29.1. The molecule has 0 saturated heterocycles. The SMILES string of the molecule is Fc1c[c-]c(-c2ccccn2)c(F)c1.O=C(O)c1ccccn1.[Ir].c1ccc(-c2ccc(-c3ccccc3)c3c(-c4ccccc4)ccc(-c4ccccc4)c23)cc1.c1ccc(-c2ccc3c(-c4ccccc4)c4ccc(-c5ccccc5)cc4cc3c2)cc1. The molecular weight excluding hydrogens is 1290 g/mol. The normalized spacial score (nSPS) is 10.6. The molecule has 1 N–H and O–H groups in total. The minimum absolute atomic E-state index is 0. The zero-order valence-corrected chi connectivity index (χ0v) is 51.1. The van der Waals surface area contributed by atoms with E-state index in [1.54, 1.807) is 36.5 Å². The fourth-order valence-electron chi connectivity index (χ4n) is 11.2. The van der Waals surface area contributed by atoms with E-state index >= 15 is 0 Å². The van der Waals surface area contributed by atoms with Gasteiger partial charge in [0.05, 0.1) is 0 Å². The van der Waals surface area contributed by atoms with Gasteiger partial charge in [-0.15, -0.1) is 12.1 Å². The van der Waals surface area contributed by atoms with Gasteiger partial charge in [0.25, 0.3) is 0 Å². The van der Waals surface area contributed by atoms with Gasteiger partial charge in [-0.2, -0.15) is 0 Å². The number of hydrogen-bond acceptors (Lipinski definition) is 3. The van der Waals surface area contributed by atoms with E-state index in [-0.39, 0.29) is 31.4 Å². The molecule has 2 aromatic heterocycles. The number of aromatic nitrogens is 2. The molecule has 7 heteroatoms. The van der Waals surface area contributed by atoms with Crippen molar-refractivity contribution in [2.75, 3.05) is 0 Å². The van der Waals surface area contributed by atoms with Gasteiger partial charge in [-0.25, -0.2) is 9.78 Å². The summed E-state index contributed by atoms with van der Waals surface area (Å²) in [6, 6.07) is 114. The number of rotatable bonds is 9. The maximum absolute atomic E-state index is 13.2. The third kappa shape index (κ3) is 14.0. The molecule has 4 nitrogen and oxygen atoms in total. The van der Waals surface area contributed by atoms with Gasteiger partial charge in [-0.3, -0.25) is 8.78 Å². The molecule has 2 heterocycles. The van der Waals surface area contributed by atoms with Crippen LogP contribution in [0.3, 0.4) is 0 Å². The van der Waals surface area contributed by atoms with E-state index in [0.29, 0.717) is 5.69 Å². The van der Waals surface area contributed by atoms with Crippen LogP contribution < -0.4 is 0 Å². The van der Waals surface area contributed by atoms with Crippen LogP contribution in [0.15, 0.2) is 340 Å². The summed E-state index contributed by atoms with van der Waals surface area (Å²) in [4.78, 5) is 17.7. The number of carboxylic acids is 1. The molecule has 0 atom stereocenters. The maximum atomic E-state index is 13.2. The first-order chi connectivity index (χ1) is 43.8. The molecule has 0 spiro atoms. The Morgan fingerprint density at radius 3 is 1.03 bits per heavy atom. The Bertz CT molecular complexity index is 4500. The molecule has 435 valence electrons. The van der Waals surface area contributed by atoms with Crippen molar-refractivity contribution in [3.63, 3.8) is 0 Å². The van der Waals surface area contributed by atoms with Gasteiger partial charge in [-0.05, 0) is 152 Å². The van der Waals surface area contributed by atoms with Crippen molar-refractivity contribution in [2.45, 2.75) is 0 Å². The van der Waals surface area contributed by atoms with Gasteiger partial charge in [0, 0.05) is 44.1 Å². The van der Waals surface area contributed by atoms with Gasteiger partial charge in [0.15, 0.2) is 0 Å². The minimum atomic E-state index is -0.990. The van der Waals surface area contributed by atoms with Gasteiger partial charge in [0.1, 0.15) is 5.69 Å². The van der Waals surface area contributed by atoms with E-state index in [0.717, 1.165) is 12.1 Å². The van der Waals surface area contributed by atoms with Crippen molar-refractivity contribution in [3.05, 3.63) is 363 Å². The quantitative estimate of drug-likeness (QED) is 0.116. The van der Waals surface area contributed by atoms with Crippen molar-refractivity contribution in [1.82, 2.24) is 9.97 Å². The van der Waals surface area contributed by atoms with Crippen LogP contribution in [-0.2, 0) is 20.1 Å². The molecule has 0 aliphatic carbocycles. The molecule has 1 radical (unpaired) electrons. The fraction of sp³-hybridized carbons (Fsp3) is 0. The summed E-state index contributed by atoms with van der Waals surface area (Å²) in [5.41, 5.74) is 18.2. The summed E-state index contributed by atoms with van der Waals surface area (Å²) in [5, 5.41) is 16.0. The van der Waals surface area contributed by atoms with Crippen LogP contribution in [0.5, 0.6) is 0 Å². The molecule has 0 amide bonds. The van der Waals surface area contributed by atoms with E-state index in [2.05, 4.69) is 295 Å². The molecule has 0 bridgehead atoms. The Labute approximate surface area is 536 Å². The second-order valence-electron chi connectivity index (χ2n) is 21.0. The summed E-state index contributed by atoms with van der Waals surface area (Å²) >= 11 is 0. The third-order valence-corrected chi connectivity index (χ3v) is 15.4. The predicted octanol–water partition coefficient (Wildman–Crippen LogP) is 22.1. The van der Waals surface area contributed by atoms with Crippen LogP contribution >= 0.6 is 0 Å². The smallest absolute Gasteiger partial charge is 0.354 e. The third-order valence-electron chi connectivity index (χ3n) is 15.4. The summed E-state index contributed by atoms with van der Waals surface area (Å²) in [5.74, 6) is -2.28.